The van der Waals surface area contributed by atoms with E-state index >= 15 is 0 Å². The molecule has 0 bridgehead atoms. The van der Waals surface area contributed by atoms with E-state index in [1.165, 1.54) is 11.3 Å². The van der Waals surface area contributed by atoms with Crippen LogP contribution in [-0.2, 0) is 0 Å². The van der Waals surface area contributed by atoms with E-state index in [1.54, 1.807) is 13.3 Å². The molecule has 0 aliphatic heterocycles. The van der Waals surface area contributed by atoms with Crippen molar-refractivity contribution >= 4 is 22.7 Å². The van der Waals surface area contributed by atoms with E-state index in [9.17, 15) is 0 Å². The number of nitrogens with one attached hydrogen (secondary N) is 1. The van der Waals surface area contributed by atoms with Crippen molar-refractivity contribution < 1.29 is 4.74 Å². The highest BCUT2D eigenvalue weighted by Gasteiger charge is 2.13. The van der Waals surface area contributed by atoms with Crippen molar-refractivity contribution in [3.05, 3.63) is 77.4 Å². The monoisotopic (exact) mass is 389 g/mol. The van der Waals surface area contributed by atoms with Gasteiger partial charge in [-0.2, -0.15) is 10.2 Å². The molecule has 6 nitrogen and oxygen atoms in total. The second kappa shape index (κ2) is 8.06. The average Bonchev–Trinajstić information content (AvgIpc) is 3.35. The maximum absolute atomic E-state index is 5.32. The Hall–Kier alpha value is -3.45. The summed E-state index contributed by atoms with van der Waals surface area (Å²) in [6, 6.07) is 17.8. The SMILES string of the molecule is COc1ccccc1/C=N/Nc1nc(-c2cnn(-c3ccccc3)c2C)cs1. The first kappa shape index (κ1) is 17.9. The number of aromatic nitrogens is 3. The third-order valence-electron chi connectivity index (χ3n) is 4.29. The maximum Gasteiger partial charge on any atom is 0.203 e. The summed E-state index contributed by atoms with van der Waals surface area (Å²) in [5.41, 5.74) is 7.83. The van der Waals surface area contributed by atoms with Gasteiger partial charge < -0.3 is 4.74 Å². The lowest BCUT2D eigenvalue weighted by molar-refractivity contribution is 0.414. The van der Waals surface area contributed by atoms with Crippen molar-refractivity contribution in [2.75, 3.05) is 12.5 Å². The Kier molecular flexibility index (Phi) is 5.16. The number of hydrogen-bond donors (Lipinski definition) is 1. The van der Waals surface area contributed by atoms with Crippen LogP contribution < -0.4 is 10.2 Å². The molecule has 2 heterocycles. The number of para-hydroxylation sites is 2. The first-order chi connectivity index (χ1) is 13.8. The standard InChI is InChI=1S/C21H19N5OS/c1-15-18(13-23-26(15)17-9-4-3-5-10-17)19-14-28-21(24-19)25-22-12-16-8-6-7-11-20(16)27-2/h3-14H,1-2H3,(H,24,25)/b22-12+. The molecule has 0 aliphatic carbocycles. The summed E-state index contributed by atoms with van der Waals surface area (Å²) in [7, 11) is 1.64. The van der Waals surface area contributed by atoms with E-state index in [1.807, 2.05) is 77.8 Å². The molecule has 0 radical (unpaired) electrons. The third-order valence-corrected chi connectivity index (χ3v) is 5.04. The summed E-state index contributed by atoms with van der Waals surface area (Å²) in [6.07, 6.45) is 3.57. The van der Waals surface area contributed by atoms with E-state index in [2.05, 4.69) is 20.6 Å². The smallest absolute Gasteiger partial charge is 0.203 e. The number of rotatable bonds is 6. The second-order valence-electron chi connectivity index (χ2n) is 6.04. The third kappa shape index (κ3) is 3.65. The van der Waals surface area contributed by atoms with Gasteiger partial charge in [-0.3, -0.25) is 5.43 Å². The van der Waals surface area contributed by atoms with Crippen LogP contribution in [0.5, 0.6) is 5.75 Å². The molecular weight excluding hydrogens is 370 g/mol. The van der Waals surface area contributed by atoms with Gasteiger partial charge in [0.05, 0.1) is 36.6 Å². The number of ether oxygens (including phenoxy) is 1. The lowest BCUT2D eigenvalue weighted by Gasteiger charge is -2.04. The largest absolute Gasteiger partial charge is 0.496 e. The second-order valence-corrected chi connectivity index (χ2v) is 6.90. The highest BCUT2D eigenvalue weighted by Crippen LogP contribution is 2.28. The van der Waals surface area contributed by atoms with Gasteiger partial charge in [-0.15, -0.1) is 11.3 Å². The predicted octanol–water partition coefficient (Wildman–Crippen LogP) is 4.76. The number of nitrogens with zero attached hydrogens (tertiary/aromatic N) is 4. The highest BCUT2D eigenvalue weighted by atomic mass is 32.1. The molecule has 0 unspecified atom stereocenters. The molecule has 7 heteroatoms. The van der Waals surface area contributed by atoms with E-state index < -0.39 is 0 Å². The summed E-state index contributed by atoms with van der Waals surface area (Å²) in [5, 5.41) is 11.5. The van der Waals surface area contributed by atoms with Crippen LogP contribution in [0, 0.1) is 6.92 Å². The Morgan fingerprint density at radius 2 is 1.89 bits per heavy atom. The molecule has 0 aliphatic rings. The zero-order valence-electron chi connectivity index (χ0n) is 15.5. The van der Waals surface area contributed by atoms with Crippen molar-refractivity contribution in [3.63, 3.8) is 0 Å². The van der Waals surface area contributed by atoms with Crippen LogP contribution in [0.4, 0.5) is 5.13 Å². The molecule has 4 aromatic rings. The van der Waals surface area contributed by atoms with Gasteiger partial charge in [0.25, 0.3) is 0 Å². The summed E-state index contributed by atoms with van der Waals surface area (Å²) in [5.74, 6) is 0.775. The molecule has 140 valence electrons. The van der Waals surface area contributed by atoms with Crippen LogP contribution in [0.3, 0.4) is 0 Å². The molecule has 0 amide bonds. The number of anilines is 1. The zero-order valence-corrected chi connectivity index (χ0v) is 16.4. The number of thiazole rings is 1. The van der Waals surface area contributed by atoms with E-state index in [0.29, 0.717) is 5.13 Å². The van der Waals surface area contributed by atoms with Crippen molar-refractivity contribution in [1.82, 2.24) is 14.8 Å². The minimum atomic E-state index is 0.716. The summed E-state index contributed by atoms with van der Waals surface area (Å²) >= 11 is 1.50. The Balaban J connectivity index is 1.51. The van der Waals surface area contributed by atoms with Crippen LogP contribution >= 0.6 is 11.3 Å². The lowest BCUT2D eigenvalue weighted by Crippen LogP contribution is -1.98. The predicted molar refractivity (Wildman–Crippen MR) is 114 cm³/mol. The van der Waals surface area contributed by atoms with Crippen molar-refractivity contribution in [3.8, 4) is 22.7 Å². The van der Waals surface area contributed by atoms with E-state index in [-0.39, 0.29) is 0 Å². The lowest BCUT2D eigenvalue weighted by atomic mass is 10.2. The van der Waals surface area contributed by atoms with Gasteiger partial charge in [0.1, 0.15) is 5.75 Å². The number of methoxy groups -OCH3 is 1. The van der Waals surface area contributed by atoms with Gasteiger partial charge in [0.2, 0.25) is 5.13 Å². The molecule has 0 fully saturated rings. The van der Waals surface area contributed by atoms with Crippen LogP contribution in [-0.4, -0.2) is 28.1 Å². The highest BCUT2D eigenvalue weighted by molar-refractivity contribution is 7.14. The molecular formula is C21H19N5OS. The summed E-state index contributed by atoms with van der Waals surface area (Å²) in [6.45, 7) is 2.04. The minimum absolute atomic E-state index is 0.716. The topological polar surface area (TPSA) is 64.3 Å². The zero-order chi connectivity index (χ0) is 19.3. The van der Waals surface area contributed by atoms with Crippen LogP contribution in [0.2, 0.25) is 0 Å². The molecule has 2 aromatic carbocycles. The number of hydrogen-bond acceptors (Lipinski definition) is 6. The quantitative estimate of drug-likeness (QED) is 0.381. The first-order valence-corrected chi connectivity index (χ1v) is 9.62. The fourth-order valence-corrected chi connectivity index (χ4v) is 3.53. The fourth-order valence-electron chi connectivity index (χ4n) is 2.87. The summed E-state index contributed by atoms with van der Waals surface area (Å²) < 4.78 is 7.24. The number of hydrazone groups is 1. The van der Waals surface area contributed by atoms with Gasteiger partial charge in [-0.1, -0.05) is 30.3 Å². The molecule has 0 saturated heterocycles. The van der Waals surface area contributed by atoms with E-state index in [0.717, 1.165) is 34.0 Å². The minimum Gasteiger partial charge on any atom is -0.496 e. The molecule has 0 spiro atoms. The van der Waals surface area contributed by atoms with Crippen LogP contribution in [0.25, 0.3) is 16.9 Å². The Labute approximate surface area is 167 Å². The number of benzene rings is 2. The van der Waals surface area contributed by atoms with Crippen LogP contribution in [0.15, 0.2) is 71.3 Å². The first-order valence-electron chi connectivity index (χ1n) is 8.74. The normalized spacial score (nSPS) is 11.1. The summed E-state index contributed by atoms with van der Waals surface area (Å²) in [4.78, 5) is 4.63. The van der Waals surface area contributed by atoms with Gasteiger partial charge in [-0.25, -0.2) is 9.67 Å². The maximum atomic E-state index is 5.32. The molecule has 0 saturated carbocycles. The average molecular weight is 389 g/mol. The van der Waals surface area contributed by atoms with Gasteiger partial charge in [0.15, 0.2) is 0 Å². The molecule has 0 atom stereocenters. The van der Waals surface area contributed by atoms with Gasteiger partial charge in [0, 0.05) is 16.5 Å². The molecule has 28 heavy (non-hydrogen) atoms. The van der Waals surface area contributed by atoms with Crippen molar-refractivity contribution in [2.45, 2.75) is 6.92 Å². The van der Waals surface area contributed by atoms with Gasteiger partial charge >= 0.3 is 0 Å². The van der Waals surface area contributed by atoms with Crippen molar-refractivity contribution in [2.24, 2.45) is 5.10 Å². The van der Waals surface area contributed by atoms with Crippen molar-refractivity contribution in [1.29, 1.82) is 0 Å². The molecule has 4 rings (SSSR count). The van der Waals surface area contributed by atoms with Gasteiger partial charge in [-0.05, 0) is 31.2 Å². The fraction of sp³-hybridized carbons (Fsp3) is 0.0952. The Morgan fingerprint density at radius 1 is 1.11 bits per heavy atom. The van der Waals surface area contributed by atoms with Crippen LogP contribution in [0.1, 0.15) is 11.3 Å². The van der Waals surface area contributed by atoms with E-state index in [4.69, 9.17) is 4.74 Å². The Morgan fingerprint density at radius 3 is 2.71 bits per heavy atom. The molecule has 1 N–H and O–H groups in total. The Bertz CT molecular complexity index is 1100. The molecule has 2 aromatic heterocycles.